The number of amides is 1. The van der Waals surface area contributed by atoms with Gasteiger partial charge in [0.2, 0.25) is 0 Å². The number of aromatic hydroxyl groups is 1. The third kappa shape index (κ3) is 2.40. The molecule has 1 aromatic rings. The van der Waals surface area contributed by atoms with E-state index in [1.807, 2.05) is 24.0 Å². The van der Waals surface area contributed by atoms with Gasteiger partial charge in [0.25, 0.3) is 5.91 Å². The molecular formula is C16H22N2O2. The molecule has 0 radical (unpaired) electrons. The molecule has 3 rings (SSSR count). The van der Waals surface area contributed by atoms with Crippen LogP contribution in [0.25, 0.3) is 0 Å². The van der Waals surface area contributed by atoms with E-state index in [1.54, 1.807) is 6.07 Å². The maximum Gasteiger partial charge on any atom is 0.257 e. The number of nitrogens with zero attached hydrogens (tertiary/aromatic N) is 2. The van der Waals surface area contributed by atoms with Crippen molar-refractivity contribution in [2.45, 2.75) is 32.2 Å². The Morgan fingerprint density at radius 1 is 1.25 bits per heavy atom. The van der Waals surface area contributed by atoms with Crippen molar-refractivity contribution in [1.29, 1.82) is 0 Å². The van der Waals surface area contributed by atoms with E-state index in [4.69, 9.17) is 0 Å². The smallest absolute Gasteiger partial charge is 0.257 e. The molecule has 2 fully saturated rings. The molecule has 1 aromatic carbocycles. The summed E-state index contributed by atoms with van der Waals surface area (Å²) < 4.78 is 0. The number of phenolic OH excluding ortho intramolecular Hbond substituents is 1. The molecule has 2 aliphatic heterocycles. The van der Waals surface area contributed by atoms with E-state index in [0.717, 1.165) is 31.6 Å². The van der Waals surface area contributed by atoms with Gasteiger partial charge in [-0.3, -0.25) is 9.69 Å². The molecule has 0 spiro atoms. The number of carbonyl (C=O) groups is 1. The van der Waals surface area contributed by atoms with Gasteiger partial charge in [-0.25, -0.2) is 0 Å². The van der Waals surface area contributed by atoms with Crippen LogP contribution >= 0.6 is 0 Å². The van der Waals surface area contributed by atoms with Crippen LogP contribution in [0.2, 0.25) is 0 Å². The highest BCUT2D eigenvalue weighted by atomic mass is 16.3. The first-order valence-corrected chi connectivity index (χ1v) is 7.48. The van der Waals surface area contributed by atoms with Gasteiger partial charge in [-0.05, 0) is 44.4 Å². The maximum atomic E-state index is 12.7. The molecule has 4 nitrogen and oxygen atoms in total. The Bertz CT molecular complexity index is 515. The molecule has 2 heterocycles. The summed E-state index contributed by atoms with van der Waals surface area (Å²) >= 11 is 0. The van der Waals surface area contributed by atoms with Crippen molar-refractivity contribution in [1.82, 2.24) is 9.80 Å². The highest BCUT2D eigenvalue weighted by Gasteiger charge is 2.31. The van der Waals surface area contributed by atoms with E-state index in [-0.39, 0.29) is 11.7 Å². The number of rotatable bonds is 1. The maximum absolute atomic E-state index is 12.7. The van der Waals surface area contributed by atoms with Gasteiger partial charge >= 0.3 is 0 Å². The normalized spacial score (nSPS) is 23.4. The molecule has 0 aromatic heterocycles. The topological polar surface area (TPSA) is 43.8 Å². The zero-order valence-corrected chi connectivity index (χ0v) is 12.0. The van der Waals surface area contributed by atoms with Gasteiger partial charge in [0.15, 0.2) is 0 Å². The Hall–Kier alpha value is -1.55. The van der Waals surface area contributed by atoms with E-state index in [1.165, 1.54) is 19.4 Å². The zero-order valence-electron chi connectivity index (χ0n) is 12.0. The minimum Gasteiger partial charge on any atom is -0.507 e. The molecule has 2 saturated heterocycles. The molecule has 1 unspecified atom stereocenters. The third-order valence-corrected chi connectivity index (χ3v) is 4.56. The fraction of sp³-hybridized carbons (Fsp3) is 0.562. The molecule has 108 valence electrons. The molecule has 1 atom stereocenters. The van der Waals surface area contributed by atoms with Gasteiger partial charge < -0.3 is 10.0 Å². The average molecular weight is 274 g/mol. The standard InChI is InChI=1S/C16H22N2O2/c1-12-5-2-7-14(15(12)19)16(20)18-10-4-9-17-8-3-6-13(17)11-18/h2,5,7,13,19H,3-4,6,8-11H2,1H3. The summed E-state index contributed by atoms with van der Waals surface area (Å²) in [6.07, 6.45) is 3.45. The number of para-hydroxylation sites is 1. The Morgan fingerprint density at radius 3 is 2.90 bits per heavy atom. The van der Waals surface area contributed by atoms with Crippen LogP contribution in [0.1, 0.15) is 35.2 Å². The van der Waals surface area contributed by atoms with Gasteiger partial charge in [-0.2, -0.15) is 0 Å². The Balaban J connectivity index is 1.81. The predicted molar refractivity (Wildman–Crippen MR) is 78.0 cm³/mol. The van der Waals surface area contributed by atoms with E-state index < -0.39 is 0 Å². The van der Waals surface area contributed by atoms with Crippen LogP contribution in [0.3, 0.4) is 0 Å². The highest BCUT2D eigenvalue weighted by molar-refractivity contribution is 5.97. The largest absolute Gasteiger partial charge is 0.507 e. The monoisotopic (exact) mass is 274 g/mol. The molecule has 1 N–H and O–H groups in total. The summed E-state index contributed by atoms with van der Waals surface area (Å²) in [7, 11) is 0. The fourth-order valence-corrected chi connectivity index (χ4v) is 3.39. The third-order valence-electron chi connectivity index (χ3n) is 4.56. The molecule has 2 aliphatic rings. The first kappa shape index (κ1) is 13.4. The predicted octanol–water partition coefficient (Wildman–Crippen LogP) is 2.01. The molecular weight excluding hydrogens is 252 g/mol. The molecule has 0 bridgehead atoms. The summed E-state index contributed by atoms with van der Waals surface area (Å²) in [6.45, 7) is 5.68. The van der Waals surface area contributed by atoms with Crippen LogP contribution in [-0.4, -0.2) is 53.0 Å². The zero-order chi connectivity index (χ0) is 14.1. The average Bonchev–Trinajstić information content (AvgIpc) is 2.78. The SMILES string of the molecule is Cc1cccc(C(=O)N2CCCN3CCCC3C2)c1O. The summed E-state index contributed by atoms with van der Waals surface area (Å²) in [5.74, 6) is 0.102. The lowest BCUT2D eigenvalue weighted by Crippen LogP contribution is -2.39. The highest BCUT2D eigenvalue weighted by Crippen LogP contribution is 2.26. The van der Waals surface area contributed by atoms with Crippen LogP contribution in [0.5, 0.6) is 5.75 Å². The lowest BCUT2D eigenvalue weighted by molar-refractivity contribution is 0.0740. The number of hydrogen-bond donors (Lipinski definition) is 1. The molecule has 20 heavy (non-hydrogen) atoms. The lowest BCUT2D eigenvalue weighted by atomic mass is 10.1. The number of carbonyl (C=O) groups excluding carboxylic acids is 1. The first-order chi connectivity index (χ1) is 9.66. The van der Waals surface area contributed by atoms with Gasteiger partial charge in [0, 0.05) is 25.7 Å². The number of benzene rings is 1. The van der Waals surface area contributed by atoms with Gasteiger partial charge in [-0.1, -0.05) is 12.1 Å². The summed E-state index contributed by atoms with van der Waals surface area (Å²) in [4.78, 5) is 17.1. The Labute approximate surface area is 120 Å². The molecule has 0 aliphatic carbocycles. The van der Waals surface area contributed by atoms with E-state index in [9.17, 15) is 9.90 Å². The van der Waals surface area contributed by atoms with Crippen LogP contribution in [-0.2, 0) is 0 Å². The molecule has 1 amide bonds. The van der Waals surface area contributed by atoms with Crippen molar-refractivity contribution >= 4 is 5.91 Å². The van der Waals surface area contributed by atoms with E-state index >= 15 is 0 Å². The summed E-state index contributed by atoms with van der Waals surface area (Å²) in [5.41, 5.74) is 1.20. The van der Waals surface area contributed by atoms with Gasteiger partial charge in [0.05, 0.1) is 5.56 Å². The van der Waals surface area contributed by atoms with Crippen molar-refractivity contribution in [3.05, 3.63) is 29.3 Å². The van der Waals surface area contributed by atoms with Crippen LogP contribution in [0.4, 0.5) is 0 Å². The first-order valence-electron chi connectivity index (χ1n) is 7.48. The number of fused-ring (bicyclic) bond motifs is 1. The number of phenols is 1. The van der Waals surface area contributed by atoms with Crippen molar-refractivity contribution < 1.29 is 9.90 Å². The van der Waals surface area contributed by atoms with Crippen molar-refractivity contribution in [3.8, 4) is 5.75 Å². The second kappa shape index (κ2) is 5.44. The second-order valence-electron chi connectivity index (χ2n) is 5.91. The fourth-order valence-electron chi connectivity index (χ4n) is 3.39. The lowest BCUT2D eigenvalue weighted by Gasteiger charge is -2.26. The Kier molecular flexibility index (Phi) is 3.66. The summed E-state index contributed by atoms with van der Waals surface area (Å²) in [6, 6.07) is 5.89. The summed E-state index contributed by atoms with van der Waals surface area (Å²) in [5, 5.41) is 10.1. The van der Waals surface area contributed by atoms with Crippen LogP contribution in [0, 0.1) is 6.92 Å². The quantitative estimate of drug-likeness (QED) is 0.852. The minimum absolute atomic E-state index is 0.0278. The van der Waals surface area contributed by atoms with Crippen LogP contribution in [0.15, 0.2) is 18.2 Å². The van der Waals surface area contributed by atoms with Crippen LogP contribution < -0.4 is 0 Å². The second-order valence-corrected chi connectivity index (χ2v) is 5.91. The van der Waals surface area contributed by atoms with Gasteiger partial charge in [-0.15, -0.1) is 0 Å². The molecule has 0 saturated carbocycles. The number of hydrogen-bond acceptors (Lipinski definition) is 3. The molecule has 4 heteroatoms. The van der Waals surface area contributed by atoms with E-state index in [0.29, 0.717) is 11.6 Å². The van der Waals surface area contributed by atoms with Gasteiger partial charge in [0.1, 0.15) is 5.75 Å². The minimum atomic E-state index is -0.0278. The van der Waals surface area contributed by atoms with Crippen molar-refractivity contribution in [3.63, 3.8) is 0 Å². The van der Waals surface area contributed by atoms with Crippen molar-refractivity contribution in [2.75, 3.05) is 26.2 Å². The Morgan fingerprint density at radius 2 is 2.05 bits per heavy atom. The van der Waals surface area contributed by atoms with E-state index in [2.05, 4.69) is 4.90 Å². The van der Waals surface area contributed by atoms with Crippen molar-refractivity contribution in [2.24, 2.45) is 0 Å². The number of aryl methyl sites for hydroxylation is 1.